The van der Waals surface area contributed by atoms with Crippen LogP contribution in [-0.2, 0) is 6.18 Å². The molecule has 0 unspecified atom stereocenters. The molecule has 0 bridgehead atoms. The largest absolute Gasteiger partial charge is 0.493 e. The smallest absolute Gasteiger partial charge is 0.416 e. The third-order valence-corrected chi connectivity index (χ3v) is 4.82. The topological polar surface area (TPSA) is 75.9 Å². The van der Waals surface area contributed by atoms with Crippen LogP contribution in [0, 0.1) is 10.1 Å². The Morgan fingerprint density at radius 2 is 1.80 bits per heavy atom. The van der Waals surface area contributed by atoms with E-state index in [1.165, 1.54) is 0 Å². The van der Waals surface area contributed by atoms with E-state index in [4.69, 9.17) is 4.74 Å². The Hall–Kier alpha value is -3.30. The number of halogens is 3. The first kappa shape index (κ1) is 21.4. The van der Waals surface area contributed by atoms with Gasteiger partial charge in [-0.3, -0.25) is 14.9 Å². The molecular formula is C20H20F3N3O4. The molecule has 1 aliphatic heterocycles. The van der Waals surface area contributed by atoms with Crippen LogP contribution in [0.2, 0.25) is 0 Å². The maximum Gasteiger partial charge on any atom is 0.416 e. The van der Waals surface area contributed by atoms with E-state index >= 15 is 0 Å². The molecule has 0 spiro atoms. The summed E-state index contributed by atoms with van der Waals surface area (Å²) in [6, 6.07) is 9.37. The Morgan fingerprint density at radius 1 is 1.13 bits per heavy atom. The summed E-state index contributed by atoms with van der Waals surface area (Å²) in [4.78, 5) is 26.6. The monoisotopic (exact) mass is 423 g/mol. The number of piperazine rings is 1. The second kappa shape index (κ2) is 8.60. The predicted molar refractivity (Wildman–Crippen MR) is 104 cm³/mol. The number of rotatable bonds is 5. The molecule has 0 atom stereocenters. The first-order valence-corrected chi connectivity index (χ1v) is 9.34. The Balaban J connectivity index is 1.76. The summed E-state index contributed by atoms with van der Waals surface area (Å²) in [7, 11) is 0. The number of hydrogen-bond donors (Lipinski definition) is 0. The number of nitrogens with zero attached hydrogens (tertiary/aromatic N) is 3. The van der Waals surface area contributed by atoms with Gasteiger partial charge in [0.05, 0.1) is 22.7 Å². The summed E-state index contributed by atoms with van der Waals surface area (Å²) >= 11 is 0. The van der Waals surface area contributed by atoms with Crippen LogP contribution in [0.1, 0.15) is 22.8 Å². The van der Waals surface area contributed by atoms with Crippen molar-refractivity contribution < 1.29 is 27.6 Å². The van der Waals surface area contributed by atoms with Gasteiger partial charge in [0.2, 0.25) is 0 Å². The van der Waals surface area contributed by atoms with Crippen molar-refractivity contribution in [1.29, 1.82) is 0 Å². The maximum absolute atomic E-state index is 12.9. The van der Waals surface area contributed by atoms with Gasteiger partial charge >= 0.3 is 6.18 Å². The van der Waals surface area contributed by atoms with E-state index in [1.54, 1.807) is 34.1 Å². The SMILES string of the molecule is CCOc1ccccc1C(=O)N1CCN(c2ccc(C(F)(F)F)cc2[N+](=O)[O-])CC1. The zero-order valence-electron chi connectivity index (χ0n) is 16.2. The number of nitro benzene ring substituents is 1. The van der Waals surface area contributed by atoms with Gasteiger partial charge in [0, 0.05) is 32.2 Å². The van der Waals surface area contributed by atoms with Crippen molar-refractivity contribution >= 4 is 17.3 Å². The standard InChI is InChI=1S/C20H20F3N3O4/c1-2-30-18-6-4-3-5-15(18)19(27)25-11-9-24(10-12-25)16-8-7-14(20(21,22)23)13-17(16)26(28)29/h3-8,13H,2,9-12H2,1H3. The minimum Gasteiger partial charge on any atom is -0.493 e. The summed E-state index contributed by atoms with van der Waals surface area (Å²) in [6.45, 7) is 3.30. The third kappa shape index (κ3) is 4.47. The van der Waals surface area contributed by atoms with Gasteiger partial charge in [0.1, 0.15) is 11.4 Å². The molecule has 10 heteroatoms. The van der Waals surface area contributed by atoms with Crippen LogP contribution in [0.25, 0.3) is 0 Å². The van der Waals surface area contributed by atoms with Gasteiger partial charge in [0.15, 0.2) is 0 Å². The second-order valence-electron chi connectivity index (χ2n) is 6.67. The van der Waals surface area contributed by atoms with Crippen molar-refractivity contribution in [3.05, 3.63) is 63.7 Å². The number of nitro groups is 1. The maximum atomic E-state index is 12.9. The van der Waals surface area contributed by atoms with Crippen LogP contribution in [0.4, 0.5) is 24.5 Å². The average molecular weight is 423 g/mol. The van der Waals surface area contributed by atoms with E-state index < -0.39 is 22.4 Å². The molecule has 7 nitrogen and oxygen atoms in total. The molecule has 0 radical (unpaired) electrons. The highest BCUT2D eigenvalue weighted by Gasteiger charge is 2.34. The van der Waals surface area contributed by atoms with E-state index in [-0.39, 0.29) is 37.8 Å². The quantitative estimate of drug-likeness (QED) is 0.537. The van der Waals surface area contributed by atoms with Crippen LogP contribution >= 0.6 is 0 Å². The van der Waals surface area contributed by atoms with Gasteiger partial charge in [-0.25, -0.2) is 0 Å². The number of carbonyl (C=O) groups is 1. The van der Waals surface area contributed by atoms with Crippen molar-refractivity contribution in [2.24, 2.45) is 0 Å². The van der Waals surface area contributed by atoms with Crippen LogP contribution in [-0.4, -0.2) is 48.5 Å². The van der Waals surface area contributed by atoms with Crippen molar-refractivity contribution in [3.63, 3.8) is 0 Å². The van der Waals surface area contributed by atoms with Gasteiger partial charge < -0.3 is 14.5 Å². The second-order valence-corrected chi connectivity index (χ2v) is 6.67. The van der Waals surface area contributed by atoms with Crippen molar-refractivity contribution in [3.8, 4) is 5.75 Å². The molecule has 1 amide bonds. The molecule has 2 aromatic carbocycles. The molecule has 0 aromatic heterocycles. The van der Waals surface area contributed by atoms with Gasteiger partial charge in [0.25, 0.3) is 11.6 Å². The lowest BCUT2D eigenvalue weighted by atomic mass is 10.1. The highest BCUT2D eigenvalue weighted by Crippen LogP contribution is 2.37. The zero-order valence-corrected chi connectivity index (χ0v) is 16.2. The molecule has 3 rings (SSSR count). The van der Waals surface area contributed by atoms with Gasteiger partial charge in [-0.05, 0) is 31.2 Å². The number of hydrogen-bond acceptors (Lipinski definition) is 5. The molecular weight excluding hydrogens is 403 g/mol. The molecule has 0 aliphatic carbocycles. The number of anilines is 1. The number of carbonyl (C=O) groups excluding carboxylic acids is 1. The minimum absolute atomic E-state index is 0.106. The highest BCUT2D eigenvalue weighted by molar-refractivity contribution is 5.97. The zero-order chi connectivity index (χ0) is 21.9. The summed E-state index contributed by atoms with van der Waals surface area (Å²) in [5.74, 6) is 0.256. The fourth-order valence-corrected chi connectivity index (χ4v) is 3.36. The van der Waals surface area contributed by atoms with Crippen molar-refractivity contribution in [2.45, 2.75) is 13.1 Å². The number of alkyl halides is 3. The van der Waals surface area contributed by atoms with Crippen LogP contribution in [0.15, 0.2) is 42.5 Å². The van der Waals surface area contributed by atoms with Crippen LogP contribution < -0.4 is 9.64 Å². The molecule has 1 aliphatic rings. The van der Waals surface area contributed by atoms with E-state index in [2.05, 4.69) is 0 Å². The summed E-state index contributed by atoms with van der Waals surface area (Å²) in [5.41, 5.74) is -1.14. The number of benzene rings is 2. The molecule has 2 aromatic rings. The Labute approximate surface area is 170 Å². The summed E-state index contributed by atoms with van der Waals surface area (Å²) < 4.78 is 44.2. The number of ether oxygens (including phenoxy) is 1. The normalized spacial score (nSPS) is 14.5. The van der Waals surface area contributed by atoms with E-state index in [1.807, 2.05) is 6.92 Å². The van der Waals surface area contributed by atoms with E-state index in [0.29, 0.717) is 24.0 Å². The first-order chi connectivity index (χ1) is 14.2. The lowest BCUT2D eigenvalue weighted by molar-refractivity contribution is -0.384. The fraction of sp³-hybridized carbons (Fsp3) is 0.350. The van der Waals surface area contributed by atoms with Gasteiger partial charge in [-0.1, -0.05) is 12.1 Å². The van der Waals surface area contributed by atoms with Crippen LogP contribution in [0.3, 0.4) is 0 Å². The number of amides is 1. The molecule has 160 valence electrons. The lowest BCUT2D eigenvalue weighted by Gasteiger charge is -2.36. The van der Waals surface area contributed by atoms with Gasteiger partial charge in [-0.2, -0.15) is 13.2 Å². The molecule has 1 fully saturated rings. The van der Waals surface area contributed by atoms with Crippen molar-refractivity contribution in [2.75, 3.05) is 37.7 Å². The molecule has 1 heterocycles. The number of para-hydroxylation sites is 1. The molecule has 0 N–H and O–H groups in total. The summed E-state index contributed by atoms with van der Waals surface area (Å²) in [6.07, 6.45) is -4.66. The van der Waals surface area contributed by atoms with E-state index in [9.17, 15) is 28.1 Å². The van der Waals surface area contributed by atoms with Crippen LogP contribution in [0.5, 0.6) is 5.75 Å². The minimum atomic E-state index is -4.66. The fourth-order valence-electron chi connectivity index (χ4n) is 3.36. The molecule has 0 saturated carbocycles. The average Bonchev–Trinajstić information content (AvgIpc) is 2.73. The Kier molecular flexibility index (Phi) is 6.14. The summed E-state index contributed by atoms with van der Waals surface area (Å²) in [5, 5.41) is 11.3. The van der Waals surface area contributed by atoms with Crippen molar-refractivity contribution in [1.82, 2.24) is 4.90 Å². The van der Waals surface area contributed by atoms with Gasteiger partial charge in [-0.15, -0.1) is 0 Å². The molecule has 1 saturated heterocycles. The lowest BCUT2D eigenvalue weighted by Crippen LogP contribution is -2.49. The molecule has 30 heavy (non-hydrogen) atoms. The Bertz CT molecular complexity index is 941. The highest BCUT2D eigenvalue weighted by atomic mass is 19.4. The first-order valence-electron chi connectivity index (χ1n) is 9.34. The van der Waals surface area contributed by atoms with E-state index in [0.717, 1.165) is 12.1 Å². The Morgan fingerprint density at radius 3 is 2.40 bits per heavy atom. The predicted octanol–water partition coefficient (Wildman–Crippen LogP) is 3.97. The third-order valence-electron chi connectivity index (χ3n) is 4.82.